The van der Waals surface area contributed by atoms with E-state index in [4.69, 9.17) is 0 Å². The second-order valence-electron chi connectivity index (χ2n) is 8.40. The van der Waals surface area contributed by atoms with Gasteiger partial charge in [0.15, 0.2) is 15.0 Å². The summed E-state index contributed by atoms with van der Waals surface area (Å²) in [5, 5.41) is 0.375. The van der Waals surface area contributed by atoms with Gasteiger partial charge in [0.25, 0.3) is 5.91 Å². The third-order valence-electron chi connectivity index (χ3n) is 6.12. The Bertz CT molecular complexity index is 1180. The molecule has 1 amide bonds. The third-order valence-corrected chi connectivity index (χ3v) is 9.33. The number of carbonyl (C=O) groups excluding carboxylic acids is 1. The van der Waals surface area contributed by atoms with Gasteiger partial charge in [-0.05, 0) is 62.2 Å². The van der Waals surface area contributed by atoms with Crippen molar-refractivity contribution in [3.05, 3.63) is 59.4 Å². The molecule has 176 valence electrons. The summed E-state index contributed by atoms with van der Waals surface area (Å²) in [7, 11) is -3.14. The van der Waals surface area contributed by atoms with Crippen LogP contribution in [-0.4, -0.2) is 55.4 Å². The lowest BCUT2D eigenvalue weighted by atomic mass is 10.1. The molecule has 2 fully saturated rings. The molecular formula is C24H28FN3O3S2. The van der Waals surface area contributed by atoms with Crippen molar-refractivity contribution >= 4 is 44.0 Å². The Hall–Kier alpha value is -2.39. The zero-order valence-corrected chi connectivity index (χ0v) is 20.6. The summed E-state index contributed by atoms with van der Waals surface area (Å²) in [6, 6.07) is 11.7. The van der Waals surface area contributed by atoms with Crippen LogP contribution in [0.4, 0.5) is 15.8 Å². The quantitative estimate of drug-likeness (QED) is 0.614. The number of rotatable bonds is 6. The first kappa shape index (κ1) is 23.8. The average molecular weight is 490 g/mol. The first-order valence-corrected chi connectivity index (χ1v) is 13.8. The Morgan fingerprint density at radius 2 is 1.85 bits per heavy atom. The number of halogens is 1. The molecule has 2 heterocycles. The number of hydrogen-bond acceptors (Lipinski definition) is 5. The maximum atomic E-state index is 13.2. The van der Waals surface area contributed by atoms with Crippen LogP contribution in [0.1, 0.15) is 25.0 Å². The van der Waals surface area contributed by atoms with Crippen molar-refractivity contribution < 1.29 is 17.6 Å². The molecule has 9 heteroatoms. The van der Waals surface area contributed by atoms with E-state index in [1.807, 2.05) is 24.0 Å². The van der Waals surface area contributed by atoms with Gasteiger partial charge in [0.2, 0.25) is 0 Å². The second kappa shape index (κ2) is 9.46. The zero-order valence-electron chi connectivity index (χ0n) is 19.0. The lowest BCUT2D eigenvalue weighted by Crippen LogP contribution is -2.38. The normalized spacial score (nSPS) is 22.5. The van der Waals surface area contributed by atoms with Crippen molar-refractivity contribution in [1.82, 2.24) is 0 Å². The van der Waals surface area contributed by atoms with Gasteiger partial charge < -0.3 is 9.80 Å². The molecule has 0 saturated carbocycles. The molecular weight excluding hydrogens is 461 g/mol. The van der Waals surface area contributed by atoms with Gasteiger partial charge >= 0.3 is 0 Å². The van der Waals surface area contributed by atoms with Gasteiger partial charge in [-0.1, -0.05) is 23.9 Å². The largest absolute Gasteiger partial charge is 0.372 e. The Morgan fingerprint density at radius 3 is 2.48 bits per heavy atom. The highest BCUT2D eigenvalue weighted by Crippen LogP contribution is 2.42. The van der Waals surface area contributed by atoms with Gasteiger partial charge in [0.1, 0.15) is 5.82 Å². The summed E-state index contributed by atoms with van der Waals surface area (Å²) < 4.78 is 37.9. The predicted molar refractivity (Wildman–Crippen MR) is 134 cm³/mol. The molecule has 4 rings (SSSR count). The lowest BCUT2D eigenvalue weighted by molar-refractivity contribution is -0.117. The summed E-state index contributed by atoms with van der Waals surface area (Å²) in [4.78, 5) is 21.3. The molecule has 33 heavy (non-hydrogen) atoms. The van der Waals surface area contributed by atoms with E-state index >= 15 is 0 Å². The van der Waals surface area contributed by atoms with Crippen molar-refractivity contribution in [3.63, 3.8) is 0 Å². The lowest BCUT2D eigenvalue weighted by Gasteiger charge is -2.28. The van der Waals surface area contributed by atoms with E-state index in [-0.39, 0.29) is 40.9 Å². The Morgan fingerprint density at radius 1 is 1.15 bits per heavy atom. The van der Waals surface area contributed by atoms with Gasteiger partial charge in [0, 0.05) is 29.7 Å². The minimum atomic E-state index is -3.14. The number of carbonyl (C=O) groups is 1. The van der Waals surface area contributed by atoms with E-state index < -0.39 is 9.84 Å². The average Bonchev–Trinajstić information content (AvgIpc) is 3.22. The van der Waals surface area contributed by atoms with E-state index in [1.165, 1.54) is 23.9 Å². The van der Waals surface area contributed by atoms with Crippen LogP contribution in [0.5, 0.6) is 0 Å². The number of amides is 1. The number of amidine groups is 1. The monoisotopic (exact) mass is 489 g/mol. The molecule has 0 aromatic heterocycles. The van der Waals surface area contributed by atoms with Crippen LogP contribution in [0.25, 0.3) is 0 Å². The highest BCUT2D eigenvalue weighted by molar-refractivity contribution is 8.16. The number of thioether (sulfide) groups is 1. The zero-order chi connectivity index (χ0) is 23.8. The number of fused-ring (bicyclic) bond motifs is 1. The molecule has 2 aromatic carbocycles. The standard InChI is InChI=1S/C24H28FN3O3S2/c1-4-27(5-2)19-10-11-20(16(3)12-19)28-21-14-33(30,31)15-22(21)32-24(28)26-23(29)13-17-6-8-18(25)9-7-17/h6-12,21-22H,4-5,13-15H2,1-3H3/t21-,22-/m0/s1. The molecule has 2 saturated heterocycles. The van der Waals surface area contributed by atoms with E-state index in [9.17, 15) is 17.6 Å². The molecule has 2 aliphatic heterocycles. The highest BCUT2D eigenvalue weighted by atomic mass is 32.2. The van der Waals surface area contributed by atoms with E-state index in [2.05, 4.69) is 29.8 Å². The van der Waals surface area contributed by atoms with Crippen LogP contribution in [0.2, 0.25) is 0 Å². The SMILES string of the molecule is CCN(CC)c1ccc(N2C(=NC(=O)Cc3ccc(F)cc3)S[C@H]3CS(=O)(=O)C[C@@H]32)c(C)c1. The van der Waals surface area contributed by atoms with E-state index in [1.54, 1.807) is 12.1 Å². The maximum Gasteiger partial charge on any atom is 0.252 e. The van der Waals surface area contributed by atoms with Crippen LogP contribution < -0.4 is 9.80 Å². The van der Waals surface area contributed by atoms with Crippen LogP contribution in [0, 0.1) is 12.7 Å². The number of benzene rings is 2. The molecule has 2 atom stereocenters. The summed E-state index contributed by atoms with van der Waals surface area (Å²) in [5.74, 6) is -0.560. The predicted octanol–water partition coefficient (Wildman–Crippen LogP) is 3.82. The summed E-state index contributed by atoms with van der Waals surface area (Å²) >= 11 is 1.36. The number of sulfone groups is 1. The maximum absolute atomic E-state index is 13.2. The highest BCUT2D eigenvalue weighted by Gasteiger charge is 2.49. The molecule has 2 aliphatic rings. The summed E-state index contributed by atoms with van der Waals surface area (Å²) in [5.41, 5.74) is 3.66. The van der Waals surface area contributed by atoms with Crippen LogP contribution in [-0.2, 0) is 21.1 Å². The first-order chi connectivity index (χ1) is 15.7. The molecule has 0 N–H and O–H groups in total. The van der Waals surface area contributed by atoms with Crippen molar-refractivity contribution in [2.24, 2.45) is 4.99 Å². The van der Waals surface area contributed by atoms with Crippen LogP contribution in [0.3, 0.4) is 0 Å². The van der Waals surface area contributed by atoms with Gasteiger partial charge in [-0.25, -0.2) is 12.8 Å². The van der Waals surface area contributed by atoms with Crippen LogP contribution in [0.15, 0.2) is 47.5 Å². The van der Waals surface area contributed by atoms with Gasteiger partial charge in [-0.3, -0.25) is 4.79 Å². The first-order valence-electron chi connectivity index (χ1n) is 11.1. The van der Waals surface area contributed by atoms with Gasteiger partial charge in [-0.2, -0.15) is 4.99 Å². The Labute approximate surface area is 198 Å². The molecule has 0 bridgehead atoms. The molecule has 0 aliphatic carbocycles. The van der Waals surface area contributed by atoms with Gasteiger partial charge in [-0.15, -0.1) is 0 Å². The molecule has 2 aromatic rings. The Balaban J connectivity index is 1.66. The fourth-order valence-electron chi connectivity index (χ4n) is 4.46. The van der Waals surface area contributed by atoms with Gasteiger partial charge in [0.05, 0.1) is 24.0 Å². The summed E-state index contributed by atoms with van der Waals surface area (Å²) in [6.07, 6.45) is 0.0612. The number of aryl methyl sites for hydroxylation is 1. The fraction of sp³-hybridized carbons (Fsp3) is 0.417. The fourth-order valence-corrected chi connectivity index (χ4v) is 8.39. The third kappa shape index (κ3) is 5.09. The van der Waals surface area contributed by atoms with Crippen molar-refractivity contribution in [3.8, 4) is 0 Å². The molecule has 0 spiro atoms. The number of hydrogen-bond donors (Lipinski definition) is 0. The molecule has 0 radical (unpaired) electrons. The Kier molecular flexibility index (Phi) is 6.81. The van der Waals surface area contributed by atoms with Crippen molar-refractivity contribution in [1.29, 1.82) is 0 Å². The van der Waals surface area contributed by atoms with E-state index in [0.717, 1.165) is 30.0 Å². The number of aliphatic imine (C=N–C) groups is 1. The smallest absolute Gasteiger partial charge is 0.252 e. The second-order valence-corrected chi connectivity index (χ2v) is 11.8. The molecule has 6 nitrogen and oxygen atoms in total. The summed E-state index contributed by atoms with van der Waals surface area (Å²) in [6.45, 7) is 8.00. The molecule has 0 unspecified atom stereocenters. The number of nitrogens with zero attached hydrogens (tertiary/aromatic N) is 3. The van der Waals surface area contributed by atoms with Crippen molar-refractivity contribution in [2.45, 2.75) is 38.5 Å². The van der Waals surface area contributed by atoms with Crippen molar-refractivity contribution in [2.75, 3.05) is 34.4 Å². The van der Waals surface area contributed by atoms with E-state index in [0.29, 0.717) is 10.7 Å². The minimum Gasteiger partial charge on any atom is -0.372 e. The minimum absolute atomic E-state index is 0.0487. The number of anilines is 2. The topological polar surface area (TPSA) is 70.0 Å². The van der Waals surface area contributed by atoms with Crippen LogP contribution >= 0.6 is 11.8 Å².